The molecule has 2 heteroatoms. The molecule has 0 aromatic heterocycles. The average Bonchev–Trinajstić information content (AvgIpc) is 2.32. The highest BCUT2D eigenvalue weighted by Gasteiger charge is 2.00. The lowest BCUT2D eigenvalue weighted by atomic mass is 10.2. The van der Waals surface area contributed by atoms with Gasteiger partial charge in [0.2, 0.25) is 0 Å². The van der Waals surface area contributed by atoms with Crippen molar-refractivity contribution in [2.24, 2.45) is 0 Å². The van der Waals surface area contributed by atoms with Crippen LogP contribution in [0, 0.1) is 11.8 Å². The summed E-state index contributed by atoms with van der Waals surface area (Å²) in [6.45, 7) is 8.82. The van der Waals surface area contributed by atoms with Gasteiger partial charge >= 0.3 is 0 Å². The fraction of sp³-hybridized carbons (Fsp3) is 0.533. The van der Waals surface area contributed by atoms with Crippen molar-refractivity contribution in [2.45, 2.75) is 26.2 Å². The minimum absolute atomic E-state index is 0.0234. The molecule has 0 amide bonds. The molecule has 1 nitrogen and oxygen atoms in total. The number of hydrogen-bond donors (Lipinski definition) is 0. The van der Waals surface area contributed by atoms with Crippen molar-refractivity contribution >= 4 is 13.3 Å². The summed E-state index contributed by atoms with van der Waals surface area (Å²) in [5, 5.41) is 0. The predicted octanol–water partition coefficient (Wildman–Crippen LogP) is 3.85. The molecule has 0 N–H and O–H groups in total. The third-order valence-electron chi connectivity index (χ3n) is 2.23. The molecule has 0 saturated heterocycles. The van der Waals surface area contributed by atoms with Crippen LogP contribution < -0.4 is 0 Å². The third-order valence-corrected chi connectivity index (χ3v) is 3.84. The lowest BCUT2D eigenvalue weighted by Gasteiger charge is -1.94. The Morgan fingerprint density at radius 2 is 2.18 bits per heavy atom. The summed E-state index contributed by atoms with van der Waals surface area (Å²) in [5.41, 5.74) is 1.45. The molecule has 94 valence electrons. The molecule has 0 aromatic rings. The first-order valence-electron chi connectivity index (χ1n) is 6.04. The molecule has 1 unspecified atom stereocenters. The minimum Gasteiger partial charge on any atom is -0.372 e. The van der Waals surface area contributed by atoms with Crippen molar-refractivity contribution in [1.82, 2.24) is 0 Å². The lowest BCUT2D eigenvalue weighted by molar-refractivity contribution is 0.239. The van der Waals surface area contributed by atoms with Gasteiger partial charge in [-0.15, -0.1) is 5.92 Å². The van der Waals surface area contributed by atoms with Crippen LogP contribution in [0.1, 0.15) is 26.2 Å². The smallest absolute Gasteiger partial charge is 0.124 e. The molecule has 0 aliphatic carbocycles. The quantitative estimate of drug-likeness (QED) is 0.289. The number of unbranched alkanes of at least 4 members (excludes halogenated alkanes) is 1. The fourth-order valence-corrected chi connectivity index (χ4v) is 2.74. The van der Waals surface area contributed by atoms with E-state index in [0.717, 1.165) is 25.4 Å². The molecule has 0 aliphatic rings. The largest absolute Gasteiger partial charge is 0.372 e. The van der Waals surface area contributed by atoms with Crippen LogP contribution in [0.4, 0.5) is 0 Å². The zero-order valence-corrected chi connectivity index (χ0v) is 12.2. The van der Waals surface area contributed by atoms with Gasteiger partial charge in [-0.05, 0) is 24.5 Å². The van der Waals surface area contributed by atoms with E-state index in [-0.39, 0.29) is 7.55 Å². The molecule has 0 aliphatic heterocycles. The Kier molecular flexibility index (Phi) is 11.1. The Labute approximate surface area is 107 Å². The second kappa shape index (κ2) is 11.6. The topological polar surface area (TPSA) is 9.23 Å². The highest BCUT2D eigenvalue weighted by molar-refractivity contribution is 7.57. The van der Waals surface area contributed by atoms with Crippen molar-refractivity contribution in [3.63, 3.8) is 0 Å². The Morgan fingerprint density at radius 1 is 1.41 bits per heavy atom. The van der Waals surface area contributed by atoms with Gasteiger partial charge in [-0.3, -0.25) is 0 Å². The monoisotopic (exact) mass is 251 g/mol. The number of ether oxygens (including phenoxy) is 1. The second-order valence-electron chi connectivity index (χ2n) is 3.82. The molecule has 0 aromatic carbocycles. The molecule has 0 bridgehead atoms. The van der Waals surface area contributed by atoms with Gasteiger partial charge in [0.05, 0.1) is 14.2 Å². The maximum atomic E-state index is 4.87. The zero-order valence-electron chi connectivity index (χ0n) is 11.3. The highest BCUT2D eigenvalue weighted by Crippen LogP contribution is 2.18. The van der Waals surface area contributed by atoms with Gasteiger partial charge in [-0.2, -0.15) is 0 Å². The minimum atomic E-state index is -0.0234. The van der Waals surface area contributed by atoms with Gasteiger partial charge in [0.15, 0.2) is 0 Å². The predicted molar refractivity (Wildman–Crippen MR) is 81.2 cm³/mol. The van der Waals surface area contributed by atoms with Gasteiger partial charge in [-0.1, -0.05) is 25.5 Å². The van der Waals surface area contributed by atoms with E-state index in [1.54, 1.807) is 7.11 Å². The molecule has 0 fully saturated rings. The van der Waals surface area contributed by atoms with Crippen molar-refractivity contribution in [1.29, 1.82) is 0 Å². The number of methoxy groups -OCH3 is 1. The molecule has 0 radical (unpaired) electrons. The van der Waals surface area contributed by atoms with Gasteiger partial charge in [0, 0.05) is 13.5 Å². The Morgan fingerprint density at radius 3 is 2.76 bits per heavy atom. The third kappa shape index (κ3) is 10.1. The summed E-state index contributed by atoms with van der Waals surface area (Å²) in [5.74, 6) is 8.47. The molecule has 0 saturated carbocycles. The van der Waals surface area contributed by atoms with Crippen LogP contribution in [-0.2, 0) is 4.74 Å². The maximum absolute atomic E-state index is 4.87. The van der Waals surface area contributed by atoms with Crippen LogP contribution in [0.25, 0.3) is 0 Å². The summed E-state index contributed by atoms with van der Waals surface area (Å²) in [6, 6.07) is 0. The van der Waals surface area contributed by atoms with Crippen molar-refractivity contribution in [2.75, 3.05) is 26.5 Å². The summed E-state index contributed by atoms with van der Waals surface area (Å²) in [7, 11) is 1.65. The summed E-state index contributed by atoms with van der Waals surface area (Å²) >= 11 is 0. The van der Waals surface area contributed by atoms with Crippen LogP contribution in [0.5, 0.6) is 0 Å². The first kappa shape index (κ1) is 16.2. The fourth-order valence-electron chi connectivity index (χ4n) is 1.37. The van der Waals surface area contributed by atoms with Crippen LogP contribution in [0.15, 0.2) is 24.3 Å². The van der Waals surface area contributed by atoms with Gasteiger partial charge in [0.1, 0.15) is 18.6 Å². The first-order valence-corrected chi connectivity index (χ1v) is 8.08. The second-order valence-corrected chi connectivity index (χ2v) is 5.95. The molecule has 1 atom stereocenters. The van der Waals surface area contributed by atoms with Crippen molar-refractivity contribution < 1.29 is 4.74 Å². The first-order chi connectivity index (χ1) is 8.24. The molecule has 0 rings (SSSR count). The highest BCUT2D eigenvalue weighted by atomic mass is 31.1. The summed E-state index contributed by atoms with van der Waals surface area (Å²) in [4.78, 5) is 0. The van der Waals surface area contributed by atoms with Crippen LogP contribution in [0.2, 0.25) is 0 Å². The van der Waals surface area contributed by atoms with Crippen LogP contribution in [0.3, 0.4) is 0 Å². The standard InChI is InChI=1S/C15H24OP/c1-5-13-17(4)14-15(6-2)11-9-7-8-10-12-16-3/h5,11,14H,1,6-7,9,12-13H2,2-4H3/q+1/b15-11+. The Bertz CT molecular complexity index is 329. The number of hydrogen-bond acceptors (Lipinski definition) is 1. The van der Waals surface area contributed by atoms with Crippen LogP contribution >= 0.6 is 7.55 Å². The van der Waals surface area contributed by atoms with Gasteiger partial charge < -0.3 is 4.74 Å². The van der Waals surface area contributed by atoms with Gasteiger partial charge in [0.25, 0.3) is 0 Å². The van der Waals surface area contributed by atoms with E-state index in [9.17, 15) is 0 Å². The van der Waals surface area contributed by atoms with E-state index in [1.165, 1.54) is 5.57 Å². The van der Waals surface area contributed by atoms with E-state index < -0.39 is 0 Å². The summed E-state index contributed by atoms with van der Waals surface area (Å²) in [6.07, 6.45) is 8.49. The van der Waals surface area contributed by atoms with Gasteiger partial charge in [-0.25, -0.2) is 0 Å². The summed E-state index contributed by atoms with van der Waals surface area (Å²) < 4.78 is 4.87. The van der Waals surface area contributed by atoms with Crippen molar-refractivity contribution in [3.05, 3.63) is 24.3 Å². The van der Waals surface area contributed by atoms with E-state index in [2.05, 4.69) is 43.9 Å². The molecular formula is C15H24OP+. The van der Waals surface area contributed by atoms with E-state index >= 15 is 0 Å². The zero-order chi connectivity index (χ0) is 12.9. The van der Waals surface area contributed by atoms with E-state index in [1.807, 2.05) is 6.08 Å². The number of rotatable bonds is 7. The SMILES string of the molecule is C=CC[P+](C)=C/C(=C/CCC#CCOC)CC. The molecular weight excluding hydrogens is 227 g/mol. The average molecular weight is 251 g/mol. The molecule has 17 heavy (non-hydrogen) atoms. The molecule has 0 heterocycles. The van der Waals surface area contributed by atoms with Crippen molar-refractivity contribution in [3.8, 4) is 11.8 Å². The normalized spacial score (nSPS) is 11.9. The Hall–Kier alpha value is -0.830. The molecule has 0 spiro atoms. The maximum Gasteiger partial charge on any atom is 0.124 e. The van der Waals surface area contributed by atoms with Crippen LogP contribution in [-0.4, -0.2) is 32.3 Å². The number of allylic oxidation sites excluding steroid dienone is 3. The lowest BCUT2D eigenvalue weighted by Crippen LogP contribution is -1.84. The Balaban J connectivity index is 4.14. The van der Waals surface area contributed by atoms with E-state index in [4.69, 9.17) is 4.74 Å². The van der Waals surface area contributed by atoms with E-state index in [0.29, 0.717) is 6.61 Å².